The monoisotopic (exact) mass is 807 g/mol. The van der Waals surface area contributed by atoms with Crippen LogP contribution in [0.25, 0.3) is 0 Å². The summed E-state index contributed by atoms with van der Waals surface area (Å²) in [5.74, 6) is -0.461. The van der Waals surface area contributed by atoms with Gasteiger partial charge >= 0.3 is 11.9 Å². The molecule has 0 aromatic rings. The first-order valence-electron chi connectivity index (χ1n) is 24.1. The number of hydrogen-bond donors (Lipinski definition) is 0. The molecule has 332 valence electrons. The van der Waals surface area contributed by atoms with Gasteiger partial charge in [0, 0.05) is 19.4 Å². The van der Waals surface area contributed by atoms with Crippen LogP contribution in [0.2, 0.25) is 0 Å². The van der Waals surface area contributed by atoms with E-state index in [1.807, 2.05) is 0 Å². The second-order valence-corrected chi connectivity index (χ2v) is 15.6. The highest BCUT2D eigenvalue weighted by Crippen LogP contribution is 2.14. The Balaban J connectivity index is 4.38. The fourth-order valence-corrected chi connectivity index (χ4v) is 6.41. The van der Waals surface area contributed by atoms with Gasteiger partial charge in [-0.25, -0.2) is 0 Å². The highest BCUT2D eigenvalue weighted by molar-refractivity contribution is 5.70. The zero-order valence-electron chi connectivity index (χ0n) is 38.0. The van der Waals surface area contributed by atoms with Crippen molar-refractivity contribution < 1.29 is 23.8 Å². The van der Waals surface area contributed by atoms with Crippen molar-refractivity contribution in [2.24, 2.45) is 0 Å². The van der Waals surface area contributed by atoms with Crippen LogP contribution >= 0.6 is 0 Å². The summed E-state index contributed by atoms with van der Waals surface area (Å²) in [4.78, 5) is 25.3. The molecule has 0 N–H and O–H groups in total. The van der Waals surface area contributed by atoms with Gasteiger partial charge in [0.05, 0.1) is 6.61 Å². The van der Waals surface area contributed by atoms with Crippen LogP contribution in [0, 0.1) is 0 Å². The molecule has 5 heteroatoms. The fourth-order valence-electron chi connectivity index (χ4n) is 6.41. The lowest BCUT2D eigenvalue weighted by atomic mass is 10.0. The Hall–Kier alpha value is -2.92. The number of unbranched alkanes of at least 4 members (excludes halogenated alkanes) is 18. The summed E-state index contributed by atoms with van der Waals surface area (Å²) >= 11 is 0. The van der Waals surface area contributed by atoms with Crippen molar-refractivity contribution in [1.82, 2.24) is 0 Å². The normalized spacial score (nSPS) is 12.9. The molecule has 1 unspecified atom stereocenters. The standard InChI is InChI=1S/C53H90O5/c1-4-7-10-13-16-19-22-25-27-29-31-34-37-40-43-46-52(54)57-50-51(49-56-48-45-42-39-36-33-30-26-23-20-17-14-11-8-5-2)58-53(55)47-44-41-38-35-32-28-24-21-18-15-12-9-6-3/h8-9,11-12,17-18,20-21,26,28,30,32,36,39,51H,4-7,10,13-16,19,22-25,27,29,31,33-35,37-38,40-50H2,1-3H3/b11-8-,12-9-,20-17-,21-18-,30-26-,32-28-,39-36-. The van der Waals surface area contributed by atoms with Gasteiger partial charge in [-0.15, -0.1) is 0 Å². The predicted octanol–water partition coefficient (Wildman–Crippen LogP) is 16.1. The minimum atomic E-state index is -0.580. The molecular weight excluding hydrogens is 717 g/mol. The van der Waals surface area contributed by atoms with Gasteiger partial charge in [-0.1, -0.05) is 202 Å². The van der Waals surface area contributed by atoms with Crippen LogP contribution in [0.4, 0.5) is 0 Å². The molecule has 0 saturated heterocycles. The molecule has 0 amide bonds. The zero-order valence-corrected chi connectivity index (χ0v) is 38.0. The van der Waals surface area contributed by atoms with Gasteiger partial charge in [-0.2, -0.15) is 0 Å². The maximum atomic E-state index is 12.7. The van der Waals surface area contributed by atoms with Crippen LogP contribution in [-0.2, 0) is 23.8 Å². The summed E-state index contributed by atoms with van der Waals surface area (Å²) in [6.07, 6.45) is 63.1. The van der Waals surface area contributed by atoms with Gasteiger partial charge < -0.3 is 14.2 Å². The van der Waals surface area contributed by atoms with E-state index in [0.29, 0.717) is 19.4 Å². The SMILES string of the molecule is CC/C=C\C/C=C\C/C=C\C/C=C\CCCOCC(COC(=O)CCCCCCCCCCCCCCCCC)OC(=O)CCCCC/C=C\C/C=C\C/C=C\CC. The zero-order chi connectivity index (χ0) is 42.1. The van der Waals surface area contributed by atoms with E-state index < -0.39 is 6.10 Å². The van der Waals surface area contributed by atoms with E-state index in [1.165, 1.54) is 83.5 Å². The van der Waals surface area contributed by atoms with Crippen LogP contribution in [0.1, 0.15) is 213 Å². The van der Waals surface area contributed by atoms with Crippen molar-refractivity contribution in [2.75, 3.05) is 19.8 Å². The minimum Gasteiger partial charge on any atom is -0.462 e. The molecule has 0 aliphatic rings. The van der Waals surface area contributed by atoms with Crippen LogP contribution in [0.5, 0.6) is 0 Å². The van der Waals surface area contributed by atoms with Crippen molar-refractivity contribution in [2.45, 2.75) is 219 Å². The molecule has 5 nitrogen and oxygen atoms in total. The van der Waals surface area contributed by atoms with E-state index in [-0.39, 0.29) is 25.2 Å². The Bertz CT molecular complexity index is 1090. The van der Waals surface area contributed by atoms with Crippen LogP contribution in [0.3, 0.4) is 0 Å². The molecule has 58 heavy (non-hydrogen) atoms. The maximum Gasteiger partial charge on any atom is 0.306 e. The lowest BCUT2D eigenvalue weighted by Crippen LogP contribution is -2.30. The van der Waals surface area contributed by atoms with E-state index in [4.69, 9.17) is 14.2 Å². The summed E-state index contributed by atoms with van der Waals surface area (Å²) in [5.41, 5.74) is 0. The Morgan fingerprint density at radius 3 is 1.24 bits per heavy atom. The molecule has 0 aromatic carbocycles. The Morgan fingerprint density at radius 1 is 0.397 bits per heavy atom. The van der Waals surface area contributed by atoms with E-state index in [9.17, 15) is 9.59 Å². The van der Waals surface area contributed by atoms with Crippen LogP contribution in [0.15, 0.2) is 85.1 Å². The molecule has 0 rings (SSSR count). The smallest absolute Gasteiger partial charge is 0.306 e. The molecule has 0 radical (unpaired) electrons. The summed E-state index contributed by atoms with van der Waals surface area (Å²) in [7, 11) is 0. The molecule has 0 aromatic heterocycles. The fraction of sp³-hybridized carbons (Fsp3) is 0.698. The molecule has 0 bridgehead atoms. The Kier molecular flexibility index (Phi) is 46.0. The molecule has 0 fully saturated rings. The second-order valence-electron chi connectivity index (χ2n) is 15.6. The summed E-state index contributed by atoms with van der Waals surface area (Å²) in [5, 5.41) is 0. The number of ether oxygens (including phenoxy) is 3. The highest BCUT2D eigenvalue weighted by Gasteiger charge is 2.17. The van der Waals surface area contributed by atoms with Gasteiger partial charge in [-0.3, -0.25) is 9.59 Å². The number of hydrogen-bond acceptors (Lipinski definition) is 5. The first-order valence-corrected chi connectivity index (χ1v) is 24.1. The third kappa shape index (κ3) is 45.8. The van der Waals surface area contributed by atoms with Crippen molar-refractivity contribution in [1.29, 1.82) is 0 Å². The van der Waals surface area contributed by atoms with Crippen molar-refractivity contribution in [3.05, 3.63) is 85.1 Å². The topological polar surface area (TPSA) is 61.8 Å². The van der Waals surface area contributed by atoms with Crippen LogP contribution in [-0.4, -0.2) is 37.9 Å². The van der Waals surface area contributed by atoms with E-state index in [0.717, 1.165) is 96.3 Å². The third-order valence-corrected chi connectivity index (χ3v) is 9.93. The molecule has 1 atom stereocenters. The lowest BCUT2D eigenvalue weighted by molar-refractivity contribution is -0.163. The van der Waals surface area contributed by atoms with Gasteiger partial charge in [0.15, 0.2) is 6.10 Å². The van der Waals surface area contributed by atoms with Crippen molar-refractivity contribution in [3.63, 3.8) is 0 Å². The van der Waals surface area contributed by atoms with Gasteiger partial charge in [0.2, 0.25) is 0 Å². The number of rotatable bonds is 43. The largest absolute Gasteiger partial charge is 0.462 e. The predicted molar refractivity (Wildman–Crippen MR) is 251 cm³/mol. The summed E-state index contributed by atoms with van der Waals surface area (Å²) in [6.45, 7) is 7.43. The molecular formula is C53H90O5. The average Bonchev–Trinajstić information content (AvgIpc) is 3.22. The minimum absolute atomic E-state index is 0.0499. The molecule has 0 aliphatic carbocycles. The lowest BCUT2D eigenvalue weighted by Gasteiger charge is -2.18. The number of allylic oxidation sites excluding steroid dienone is 14. The third-order valence-electron chi connectivity index (χ3n) is 9.93. The Morgan fingerprint density at radius 2 is 0.776 bits per heavy atom. The van der Waals surface area contributed by atoms with Gasteiger partial charge in [0.1, 0.15) is 6.61 Å². The maximum absolute atomic E-state index is 12.7. The first-order chi connectivity index (χ1) is 28.6. The quantitative estimate of drug-likeness (QED) is 0.0349. The van der Waals surface area contributed by atoms with Gasteiger partial charge in [-0.05, 0) is 83.5 Å². The molecule has 0 saturated carbocycles. The molecule has 0 aliphatic heterocycles. The number of carbonyl (C=O) groups excluding carboxylic acids is 2. The van der Waals surface area contributed by atoms with E-state index >= 15 is 0 Å². The molecule has 0 spiro atoms. The van der Waals surface area contributed by atoms with Gasteiger partial charge in [0.25, 0.3) is 0 Å². The Labute approximate surface area is 359 Å². The van der Waals surface area contributed by atoms with E-state index in [1.54, 1.807) is 0 Å². The van der Waals surface area contributed by atoms with Crippen molar-refractivity contribution in [3.8, 4) is 0 Å². The highest BCUT2D eigenvalue weighted by atomic mass is 16.6. The second kappa shape index (κ2) is 48.4. The number of carbonyl (C=O) groups is 2. The summed E-state index contributed by atoms with van der Waals surface area (Å²) < 4.78 is 17.3. The molecule has 0 heterocycles. The average molecular weight is 807 g/mol. The summed E-state index contributed by atoms with van der Waals surface area (Å²) in [6, 6.07) is 0. The van der Waals surface area contributed by atoms with E-state index in [2.05, 4.69) is 106 Å². The first kappa shape index (κ1) is 55.1. The van der Waals surface area contributed by atoms with Crippen LogP contribution < -0.4 is 0 Å². The number of esters is 2. The van der Waals surface area contributed by atoms with Crippen molar-refractivity contribution >= 4 is 11.9 Å².